The Hall–Kier alpha value is -2.23. The van der Waals surface area contributed by atoms with Crippen LogP contribution in [0.3, 0.4) is 0 Å². The van der Waals surface area contributed by atoms with Crippen molar-refractivity contribution in [2.75, 3.05) is 52.7 Å². The van der Waals surface area contributed by atoms with E-state index in [9.17, 15) is 8.42 Å². The Morgan fingerprint density at radius 1 is 1.06 bits per heavy atom. The van der Waals surface area contributed by atoms with E-state index in [2.05, 4.69) is 9.88 Å². The number of methoxy groups -OCH3 is 1. The van der Waals surface area contributed by atoms with E-state index in [-0.39, 0.29) is 0 Å². The van der Waals surface area contributed by atoms with Gasteiger partial charge in [0.05, 0.1) is 20.0 Å². The maximum Gasteiger partial charge on any atom is 0.211 e. The number of hydrogen-bond acceptors (Lipinski definition) is 7. The molecule has 2 aliphatic heterocycles. The molecule has 0 spiro atoms. The number of aromatic nitrogens is 2. The lowest BCUT2D eigenvalue weighted by Crippen LogP contribution is -2.37. The summed E-state index contributed by atoms with van der Waals surface area (Å²) in [6.07, 6.45) is 11.1. The molecule has 198 valence electrons. The minimum absolute atomic E-state index is 0.535. The zero-order valence-electron chi connectivity index (χ0n) is 21.7. The Bertz CT molecular complexity index is 1080. The summed E-state index contributed by atoms with van der Waals surface area (Å²) in [6, 6.07) is 8.03. The summed E-state index contributed by atoms with van der Waals surface area (Å²) in [5, 5.41) is 0. The first kappa shape index (κ1) is 26.8. The van der Waals surface area contributed by atoms with Crippen LogP contribution in [0.2, 0.25) is 0 Å². The van der Waals surface area contributed by atoms with E-state index < -0.39 is 10.0 Å². The average molecular weight is 517 g/mol. The highest BCUT2D eigenvalue weighted by atomic mass is 32.2. The van der Waals surface area contributed by atoms with Crippen molar-refractivity contribution in [2.45, 2.75) is 51.4 Å². The maximum absolute atomic E-state index is 11.7. The van der Waals surface area contributed by atoms with Gasteiger partial charge in [-0.05, 0) is 87.7 Å². The summed E-state index contributed by atoms with van der Waals surface area (Å²) in [7, 11) is -1.41. The molecule has 0 N–H and O–H groups in total. The summed E-state index contributed by atoms with van der Waals surface area (Å²) in [5.74, 6) is 2.85. The Morgan fingerprint density at radius 3 is 2.56 bits per heavy atom. The molecule has 4 rings (SSSR count). The van der Waals surface area contributed by atoms with Crippen molar-refractivity contribution >= 4 is 10.0 Å². The topological polar surface area (TPSA) is 84.9 Å². The second kappa shape index (κ2) is 12.8. The van der Waals surface area contributed by atoms with Gasteiger partial charge in [0.15, 0.2) is 11.5 Å². The molecule has 0 atom stereocenters. The van der Waals surface area contributed by atoms with Gasteiger partial charge in [0.1, 0.15) is 5.82 Å². The summed E-state index contributed by atoms with van der Waals surface area (Å²) >= 11 is 0. The number of ether oxygens (including phenoxy) is 2. The first-order chi connectivity index (χ1) is 17.4. The molecule has 0 saturated carbocycles. The number of sulfonamides is 1. The number of likely N-dealkylation sites (tertiary alicyclic amines) is 1. The largest absolute Gasteiger partial charge is 0.493 e. The third kappa shape index (κ3) is 7.88. The Balaban J connectivity index is 1.28. The van der Waals surface area contributed by atoms with Gasteiger partial charge in [-0.3, -0.25) is 0 Å². The fourth-order valence-corrected chi connectivity index (χ4v) is 6.02. The van der Waals surface area contributed by atoms with E-state index in [1.807, 2.05) is 30.5 Å². The van der Waals surface area contributed by atoms with Crippen LogP contribution in [0.15, 0.2) is 30.5 Å². The molecule has 0 bridgehead atoms. The minimum atomic E-state index is -3.08. The van der Waals surface area contributed by atoms with E-state index in [1.54, 1.807) is 11.4 Å². The van der Waals surface area contributed by atoms with Crippen molar-refractivity contribution in [2.24, 2.45) is 5.92 Å². The van der Waals surface area contributed by atoms with Gasteiger partial charge in [0.25, 0.3) is 0 Å². The lowest BCUT2D eigenvalue weighted by atomic mass is 9.92. The Labute approximate surface area is 216 Å². The van der Waals surface area contributed by atoms with Crippen LogP contribution in [0, 0.1) is 5.92 Å². The van der Waals surface area contributed by atoms with Gasteiger partial charge < -0.3 is 14.4 Å². The first-order valence-corrected chi connectivity index (χ1v) is 15.0. The molecule has 36 heavy (non-hydrogen) atoms. The standard InChI is InChI=1S/C27H40N4O4S/c1-34-25-9-7-23(20-26(25)35-19-5-16-30-14-3-4-15-30)21-27-28-13-10-24(29-27)8-6-22-11-17-31(18-12-22)36(2,32)33/h7,9-10,13,20,22H,3-6,8,11-12,14-19,21H2,1-2H3. The molecule has 1 aromatic heterocycles. The van der Waals surface area contributed by atoms with Crippen LogP contribution in [0.25, 0.3) is 0 Å². The van der Waals surface area contributed by atoms with E-state index in [0.717, 1.165) is 67.2 Å². The van der Waals surface area contributed by atoms with Crippen molar-refractivity contribution in [3.63, 3.8) is 0 Å². The normalized spacial score (nSPS) is 17.9. The van der Waals surface area contributed by atoms with Crippen molar-refractivity contribution in [1.29, 1.82) is 0 Å². The molecule has 0 amide bonds. The second-order valence-electron chi connectivity index (χ2n) is 10.0. The van der Waals surface area contributed by atoms with Crippen molar-refractivity contribution in [1.82, 2.24) is 19.2 Å². The predicted molar refractivity (Wildman–Crippen MR) is 141 cm³/mol. The Kier molecular flexibility index (Phi) is 9.56. The van der Waals surface area contributed by atoms with Crippen LogP contribution in [0.5, 0.6) is 11.5 Å². The molecule has 2 fully saturated rings. The van der Waals surface area contributed by atoms with E-state index in [4.69, 9.17) is 14.5 Å². The molecule has 0 unspecified atom stereocenters. The molecular formula is C27H40N4O4S. The number of benzene rings is 1. The van der Waals surface area contributed by atoms with Gasteiger partial charge in [0, 0.05) is 37.9 Å². The highest BCUT2D eigenvalue weighted by molar-refractivity contribution is 7.88. The molecule has 2 aromatic rings. The average Bonchev–Trinajstić information content (AvgIpc) is 3.39. The predicted octanol–water partition coefficient (Wildman–Crippen LogP) is 3.54. The summed E-state index contributed by atoms with van der Waals surface area (Å²) < 4.78 is 36.6. The highest BCUT2D eigenvalue weighted by Gasteiger charge is 2.24. The fourth-order valence-electron chi connectivity index (χ4n) is 5.15. The van der Waals surface area contributed by atoms with E-state index >= 15 is 0 Å². The molecule has 2 aliphatic rings. The van der Waals surface area contributed by atoms with Crippen molar-refractivity contribution in [3.8, 4) is 11.5 Å². The zero-order valence-corrected chi connectivity index (χ0v) is 22.5. The molecular weight excluding hydrogens is 476 g/mol. The fraction of sp³-hybridized carbons (Fsp3) is 0.630. The number of aryl methyl sites for hydroxylation is 1. The third-order valence-electron chi connectivity index (χ3n) is 7.28. The van der Waals surface area contributed by atoms with Crippen LogP contribution in [-0.2, 0) is 22.9 Å². The van der Waals surface area contributed by atoms with Gasteiger partial charge in [-0.15, -0.1) is 0 Å². The lowest BCUT2D eigenvalue weighted by Gasteiger charge is -2.30. The van der Waals surface area contributed by atoms with Gasteiger partial charge in [-0.2, -0.15) is 0 Å². The molecule has 0 radical (unpaired) electrons. The van der Waals surface area contributed by atoms with Crippen molar-refractivity contribution in [3.05, 3.63) is 47.5 Å². The van der Waals surface area contributed by atoms with E-state index in [1.165, 1.54) is 32.2 Å². The smallest absolute Gasteiger partial charge is 0.211 e. The second-order valence-corrected chi connectivity index (χ2v) is 12.0. The summed E-state index contributed by atoms with van der Waals surface area (Å²) in [6.45, 7) is 5.42. The summed E-state index contributed by atoms with van der Waals surface area (Å²) in [5.41, 5.74) is 2.13. The van der Waals surface area contributed by atoms with Gasteiger partial charge in [0.2, 0.25) is 10.0 Å². The number of hydrogen-bond donors (Lipinski definition) is 0. The van der Waals surface area contributed by atoms with Gasteiger partial charge >= 0.3 is 0 Å². The molecule has 1 aromatic carbocycles. The molecule has 0 aliphatic carbocycles. The number of rotatable bonds is 12. The van der Waals surface area contributed by atoms with Crippen LogP contribution >= 0.6 is 0 Å². The summed E-state index contributed by atoms with van der Waals surface area (Å²) in [4.78, 5) is 11.8. The quantitative estimate of drug-likeness (QED) is 0.399. The monoisotopic (exact) mass is 516 g/mol. The van der Waals surface area contributed by atoms with Crippen LogP contribution in [0.4, 0.5) is 0 Å². The number of nitrogens with zero attached hydrogens (tertiary/aromatic N) is 4. The SMILES string of the molecule is COc1ccc(Cc2nccc(CCC3CCN(S(C)(=O)=O)CC3)n2)cc1OCCCN1CCCC1. The highest BCUT2D eigenvalue weighted by Crippen LogP contribution is 2.29. The van der Waals surface area contributed by atoms with Crippen LogP contribution in [0.1, 0.15) is 55.6 Å². The zero-order chi connectivity index (χ0) is 25.4. The van der Waals surface area contributed by atoms with Crippen LogP contribution < -0.4 is 9.47 Å². The van der Waals surface area contributed by atoms with Crippen LogP contribution in [-0.4, -0.2) is 80.3 Å². The molecule has 9 heteroatoms. The van der Waals surface area contributed by atoms with Gasteiger partial charge in [-0.1, -0.05) is 6.07 Å². The molecule has 2 saturated heterocycles. The number of piperidine rings is 1. The maximum atomic E-state index is 11.7. The third-order valence-corrected chi connectivity index (χ3v) is 8.58. The molecule has 3 heterocycles. The minimum Gasteiger partial charge on any atom is -0.493 e. The first-order valence-electron chi connectivity index (χ1n) is 13.2. The van der Waals surface area contributed by atoms with E-state index in [0.29, 0.717) is 32.0 Å². The Morgan fingerprint density at radius 2 is 1.83 bits per heavy atom. The van der Waals surface area contributed by atoms with Crippen molar-refractivity contribution < 1.29 is 17.9 Å². The molecule has 8 nitrogen and oxygen atoms in total. The lowest BCUT2D eigenvalue weighted by molar-refractivity contribution is 0.254. The van der Waals surface area contributed by atoms with Gasteiger partial charge in [-0.25, -0.2) is 22.7 Å².